The minimum Gasteiger partial charge on any atom is -0.370 e. The standard InChI is InChI=1S/C12H22N4O2S2.HI/c1-12(2,16-20(3,17)18)9-15-11(13)14-7-6-10-5-4-8-19-10;/h4-5,8,16H,6-7,9H2,1-3H3,(H3,13,14,15);1H. The van der Waals surface area contributed by atoms with Crippen LogP contribution in [0.1, 0.15) is 18.7 Å². The molecule has 1 heterocycles. The summed E-state index contributed by atoms with van der Waals surface area (Å²) in [5.41, 5.74) is 5.09. The zero-order valence-electron chi connectivity index (χ0n) is 12.4. The molecule has 1 aromatic heterocycles. The molecule has 0 atom stereocenters. The van der Waals surface area contributed by atoms with Gasteiger partial charge in [0.25, 0.3) is 0 Å². The predicted molar refractivity (Wildman–Crippen MR) is 100.0 cm³/mol. The van der Waals surface area contributed by atoms with Crippen LogP contribution in [0, 0.1) is 0 Å². The van der Waals surface area contributed by atoms with Gasteiger partial charge in [0.05, 0.1) is 12.8 Å². The number of aliphatic imine (C=N–C) groups is 1. The Morgan fingerprint density at radius 3 is 2.67 bits per heavy atom. The molecule has 4 N–H and O–H groups in total. The molecule has 1 aromatic rings. The van der Waals surface area contributed by atoms with Crippen LogP contribution in [0.4, 0.5) is 0 Å². The van der Waals surface area contributed by atoms with Crippen molar-refractivity contribution in [2.24, 2.45) is 10.7 Å². The van der Waals surface area contributed by atoms with Gasteiger partial charge >= 0.3 is 0 Å². The highest BCUT2D eigenvalue weighted by Gasteiger charge is 2.21. The van der Waals surface area contributed by atoms with E-state index in [1.807, 2.05) is 11.4 Å². The monoisotopic (exact) mass is 446 g/mol. The van der Waals surface area contributed by atoms with E-state index >= 15 is 0 Å². The lowest BCUT2D eigenvalue weighted by Gasteiger charge is -2.22. The van der Waals surface area contributed by atoms with Crippen molar-refractivity contribution in [2.45, 2.75) is 25.8 Å². The minimum absolute atomic E-state index is 0. The highest BCUT2D eigenvalue weighted by atomic mass is 127. The maximum Gasteiger partial charge on any atom is 0.209 e. The zero-order valence-corrected chi connectivity index (χ0v) is 16.4. The average Bonchev–Trinajstić information content (AvgIpc) is 2.76. The van der Waals surface area contributed by atoms with E-state index in [0.717, 1.165) is 12.7 Å². The Hall–Kier alpha value is -0.390. The summed E-state index contributed by atoms with van der Waals surface area (Å²) in [6.45, 7) is 4.50. The quantitative estimate of drug-likeness (QED) is 0.333. The van der Waals surface area contributed by atoms with Gasteiger partial charge < -0.3 is 11.1 Å². The van der Waals surface area contributed by atoms with Crippen molar-refractivity contribution in [2.75, 3.05) is 19.3 Å². The number of hydrogen-bond donors (Lipinski definition) is 3. The van der Waals surface area contributed by atoms with E-state index in [-0.39, 0.29) is 30.5 Å². The maximum absolute atomic E-state index is 11.2. The van der Waals surface area contributed by atoms with E-state index in [1.165, 1.54) is 4.88 Å². The van der Waals surface area contributed by atoms with Crippen molar-refractivity contribution >= 4 is 51.3 Å². The lowest BCUT2D eigenvalue weighted by atomic mass is 10.1. The highest BCUT2D eigenvalue weighted by molar-refractivity contribution is 14.0. The smallest absolute Gasteiger partial charge is 0.209 e. The van der Waals surface area contributed by atoms with E-state index in [0.29, 0.717) is 12.5 Å². The van der Waals surface area contributed by atoms with Crippen molar-refractivity contribution in [1.29, 1.82) is 0 Å². The number of halogens is 1. The van der Waals surface area contributed by atoms with E-state index in [9.17, 15) is 8.42 Å². The number of sulfonamides is 1. The summed E-state index contributed by atoms with van der Waals surface area (Å²) >= 11 is 1.70. The topological polar surface area (TPSA) is 96.6 Å². The second kappa shape index (κ2) is 8.91. The molecule has 0 amide bonds. The van der Waals surface area contributed by atoms with Crippen molar-refractivity contribution in [3.05, 3.63) is 22.4 Å². The molecule has 0 saturated heterocycles. The SMILES string of the molecule is CC(C)(CN=C(N)NCCc1cccs1)NS(C)(=O)=O.I. The summed E-state index contributed by atoms with van der Waals surface area (Å²) in [7, 11) is -3.26. The van der Waals surface area contributed by atoms with Crippen LogP contribution >= 0.6 is 35.3 Å². The summed E-state index contributed by atoms with van der Waals surface area (Å²) in [5, 5.41) is 5.05. The number of nitrogens with two attached hydrogens (primary N) is 1. The Balaban J connectivity index is 0.00000400. The summed E-state index contributed by atoms with van der Waals surface area (Å²) in [6.07, 6.45) is 2.01. The number of thiophene rings is 1. The second-order valence-electron chi connectivity index (χ2n) is 5.22. The molecule has 0 aliphatic carbocycles. The van der Waals surface area contributed by atoms with Gasteiger partial charge in [-0.05, 0) is 31.7 Å². The largest absolute Gasteiger partial charge is 0.370 e. The number of rotatable bonds is 7. The second-order valence-corrected chi connectivity index (χ2v) is 8.00. The van der Waals surface area contributed by atoms with E-state index in [4.69, 9.17) is 5.73 Å². The van der Waals surface area contributed by atoms with Crippen molar-refractivity contribution in [1.82, 2.24) is 10.0 Å². The van der Waals surface area contributed by atoms with Crippen LogP contribution in [-0.4, -0.2) is 39.3 Å². The summed E-state index contributed by atoms with van der Waals surface area (Å²) < 4.78 is 24.9. The molecule has 0 spiro atoms. The van der Waals surface area contributed by atoms with Gasteiger partial charge in [0.15, 0.2) is 5.96 Å². The van der Waals surface area contributed by atoms with Crippen LogP contribution in [0.25, 0.3) is 0 Å². The number of nitrogens with zero attached hydrogens (tertiary/aromatic N) is 1. The Labute approximate surface area is 147 Å². The highest BCUT2D eigenvalue weighted by Crippen LogP contribution is 2.08. The van der Waals surface area contributed by atoms with Gasteiger partial charge in [0.1, 0.15) is 0 Å². The third-order valence-electron chi connectivity index (χ3n) is 2.36. The van der Waals surface area contributed by atoms with Crippen molar-refractivity contribution in [3.63, 3.8) is 0 Å². The van der Waals surface area contributed by atoms with Crippen LogP contribution in [0.2, 0.25) is 0 Å². The van der Waals surface area contributed by atoms with Crippen molar-refractivity contribution in [3.8, 4) is 0 Å². The Morgan fingerprint density at radius 2 is 2.14 bits per heavy atom. The van der Waals surface area contributed by atoms with Crippen LogP contribution in [0.3, 0.4) is 0 Å². The van der Waals surface area contributed by atoms with Crippen LogP contribution in [-0.2, 0) is 16.4 Å². The van der Waals surface area contributed by atoms with Gasteiger partial charge in [-0.1, -0.05) is 6.07 Å². The van der Waals surface area contributed by atoms with Crippen LogP contribution in [0.15, 0.2) is 22.5 Å². The number of hydrogen-bond acceptors (Lipinski definition) is 4. The third kappa shape index (κ3) is 10.0. The van der Waals surface area contributed by atoms with Gasteiger partial charge in [-0.25, -0.2) is 13.1 Å². The van der Waals surface area contributed by atoms with E-state index in [1.54, 1.807) is 25.2 Å². The van der Waals surface area contributed by atoms with Gasteiger partial charge in [0.2, 0.25) is 10.0 Å². The lowest BCUT2D eigenvalue weighted by molar-refractivity contribution is 0.465. The molecule has 0 unspecified atom stereocenters. The molecule has 6 nitrogen and oxygen atoms in total. The van der Waals surface area contributed by atoms with E-state index < -0.39 is 15.6 Å². The Morgan fingerprint density at radius 1 is 1.48 bits per heavy atom. The summed E-state index contributed by atoms with van der Waals surface area (Å²) in [4.78, 5) is 5.44. The first-order valence-electron chi connectivity index (χ1n) is 6.23. The summed E-state index contributed by atoms with van der Waals surface area (Å²) in [5.74, 6) is 0.324. The predicted octanol–water partition coefficient (Wildman–Crippen LogP) is 1.14. The van der Waals surface area contributed by atoms with Crippen LogP contribution < -0.4 is 15.8 Å². The molecule has 0 aliphatic heterocycles. The fourth-order valence-corrected chi connectivity index (χ4v) is 3.42. The molecule has 122 valence electrons. The minimum atomic E-state index is -3.26. The molecule has 0 fully saturated rings. The third-order valence-corrected chi connectivity index (χ3v) is 4.22. The molecule has 0 saturated carbocycles. The lowest BCUT2D eigenvalue weighted by Crippen LogP contribution is -2.46. The van der Waals surface area contributed by atoms with Gasteiger partial charge in [0, 0.05) is 17.0 Å². The fraction of sp³-hybridized carbons (Fsp3) is 0.583. The Bertz CT molecular complexity index is 542. The molecule has 0 aromatic carbocycles. The first-order chi connectivity index (χ1) is 9.18. The number of nitrogens with one attached hydrogen (secondary N) is 2. The number of guanidine groups is 1. The van der Waals surface area contributed by atoms with Gasteiger partial charge in [-0.3, -0.25) is 4.99 Å². The summed E-state index contributed by atoms with van der Waals surface area (Å²) in [6, 6.07) is 4.08. The van der Waals surface area contributed by atoms with Crippen LogP contribution in [0.5, 0.6) is 0 Å². The normalized spacial score (nSPS) is 12.8. The molecule has 9 heteroatoms. The zero-order chi connectivity index (χ0) is 15.2. The molecule has 21 heavy (non-hydrogen) atoms. The van der Waals surface area contributed by atoms with Crippen molar-refractivity contribution < 1.29 is 8.42 Å². The molecular formula is C12H23IN4O2S2. The van der Waals surface area contributed by atoms with E-state index in [2.05, 4.69) is 21.1 Å². The molecule has 0 bridgehead atoms. The first kappa shape index (κ1) is 20.6. The first-order valence-corrected chi connectivity index (χ1v) is 9.00. The average molecular weight is 446 g/mol. The molecular weight excluding hydrogens is 423 g/mol. The molecule has 1 rings (SSSR count). The molecule has 0 radical (unpaired) electrons. The Kier molecular flexibility index (Phi) is 8.74. The maximum atomic E-state index is 11.2. The fourth-order valence-electron chi connectivity index (χ4n) is 1.64. The van der Waals surface area contributed by atoms with Gasteiger partial charge in [-0.2, -0.15) is 0 Å². The van der Waals surface area contributed by atoms with Gasteiger partial charge in [-0.15, -0.1) is 35.3 Å². The molecule has 0 aliphatic rings.